The van der Waals surface area contributed by atoms with E-state index in [2.05, 4.69) is 16.8 Å². The second-order valence-electron chi connectivity index (χ2n) is 7.03. The maximum atomic E-state index is 12.6. The summed E-state index contributed by atoms with van der Waals surface area (Å²) in [5, 5.41) is 12.3. The summed E-state index contributed by atoms with van der Waals surface area (Å²) < 4.78 is 18.0. The highest BCUT2D eigenvalue weighted by Gasteiger charge is 2.16. The van der Waals surface area contributed by atoms with Crippen molar-refractivity contribution in [3.05, 3.63) is 52.4 Å². The molecule has 0 spiro atoms. The maximum absolute atomic E-state index is 12.6. The summed E-state index contributed by atoms with van der Waals surface area (Å²) in [6.07, 6.45) is 1.62. The summed E-state index contributed by atoms with van der Waals surface area (Å²) in [7, 11) is 4.81. The molecule has 7 nitrogen and oxygen atoms in total. The van der Waals surface area contributed by atoms with E-state index in [1.54, 1.807) is 45.6 Å². The van der Waals surface area contributed by atoms with Gasteiger partial charge in [0.2, 0.25) is 0 Å². The first-order chi connectivity index (χ1) is 14.4. The molecular weight excluding hydrogens is 382 g/mol. The molecule has 0 aliphatic rings. The summed E-state index contributed by atoms with van der Waals surface area (Å²) in [4.78, 5) is 12.6. The van der Waals surface area contributed by atoms with Crippen LogP contribution in [0.4, 0.5) is 0 Å². The molecule has 0 fully saturated rings. The fraction of sp³-hybridized carbons (Fsp3) is 0.391. The fourth-order valence-electron chi connectivity index (χ4n) is 3.54. The molecule has 2 rings (SSSR count). The van der Waals surface area contributed by atoms with Crippen molar-refractivity contribution in [2.24, 2.45) is 0 Å². The first-order valence-corrected chi connectivity index (χ1v) is 9.64. The minimum Gasteiger partial charge on any atom is -0.497 e. The van der Waals surface area contributed by atoms with Gasteiger partial charge >= 0.3 is 0 Å². The van der Waals surface area contributed by atoms with Crippen LogP contribution in [-0.4, -0.2) is 38.4 Å². The second-order valence-corrected chi connectivity index (χ2v) is 7.03. The molecule has 0 saturated heterocycles. The number of rotatable bonds is 9. The van der Waals surface area contributed by atoms with E-state index in [0.717, 1.165) is 22.5 Å². The molecule has 1 aromatic heterocycles. The number of benzene rings is 1. The number of carbonyl (C=O) groups excluding carboxylic acids is 1. The second kappa shape index (κ2) is 10.5. The van der Waals surface area contributed by atoms with E-state index < -0.39 is 5.91 Å². The molecule has 1 heterocycles. The van der Waals surface area contributed by atoms with Gasteiger partial charge in [-0.05, 0) is 56.7 Å². The molecule has 1 unspecified atom stereocenters. The van der Waals surface area contributed by atoms with Crippen molar-refractivity contribution in [3.63, 3.8) is 0 Å². The van der Waals surface area contributed by atoms with Crippen LogP contribution in [0.15, 0.2) is 29.8 Å². The minimum atomic E-state index is -0.447. The number of hydrogen-bond acceptors (Lipinski definition) is 5. The number of aryl methyl sites for hydroxylation is 1. The third-order valence-corrected chi connectivity index (χ3v) is 4.96. The van der Waals surface area contributed by atoms with Gasteiger partial charge in [0.25, 0.3) is 5.91 Å². The van der Waals surface area contributed by atoms with E-state index in [1.165, 1.54) is 0 Å². The fourth-order valence-corrected chi connectivity index (χ4v) is 3.54. The van der Waals surface area contributed by atoms with Crippen molar-refractivity contribution in [2.45, 2.75) is 33.4 Å². The van der Waals surface area contributed by atoms with Crippen LogP contribution in [0.5, 0.6) is 11.5 Å². The molecule has 2 aromatic rings. The van der Waals surface area contributed by atoms with Crippen LogP contribution in [0.1, 0.15) is 35.5 Å². The highest BCUT2D eigenvalue weighted by Crippen LogP contribution is 2.25. The van der Waals surface area contributed by atoms with Gasteiger partial charge < -0.3 is 24.1 Å². The van der Waals surface area contributed by atoms with Crippen LogP contribution in [0.2, 0.25) is 0 Å². The summed E-state index contributed by atoms with van der Waals surface area (Å²) >= 11 is 0. The zero-order chi connectivity index (χ0) is 22.3. The standard InChI is InChI=1S/C23H29N3O4/c1-15-9-18(17(3)26(15)16(2)14-28-4)10-19(12-24)23(27)25-13-20-11-21(29-5)7-8-22(20)30-6/h7-11,16H,13-14H2,1-6H3,(H,25,27)/b19-10-. The highest BCUT2D eigenvalue weighted by molar-refractivity contribution is 6.01. The van der Waals surface area contributed by atoms with Crippen molar-refractivity contribution < 1.29 is 19.0 Å². The van der Waals surface area contributed by atoms with Crippen molar-refractivity contribution in [1.29, 1.82) is 5.26 Å². The Morgan fingerprint density at radius 1 is 1.23 bits per heavy atom. The molecule has 1 atom stereocenters. The van der Waals surface area contributed by atoms with E-state index in [0.29, 0.717) is 18.1 Å². The predicted molar refractivity (Wildman–Crippen MR) is 115 cm³/mol. The zero-order valence-electron chi connectivity index (χ0n) is 18.4. The first kappa shape index (κ1) is 23.0. The van der Waals surface area contributed by atoms with Gasteiger partial charge in [0, 0.05) is 30.6 Å². The van der Waals surface area contributed by atoms with E-state index in [9.17, 15) is 10.1 Å². The molecular formula is C23H29N3O4. The quantitative estimate of drug-likeness (QED) is 0.504. The van der Waals surface area contributed by atoms with Crippen molar-refractivity contribution >= 4 is 12.0 Å². The van der Waals surface area contributed by atoms with E-state index in [1.807, 2.05) is 26.0 Å². The summed E-state index contributed by atoms with van der Waals surface area (Å²) in [6.45, 7) is 6.82. The summed E-state index contributed by atoms with van der Waals surface area (Å²) in [5.74, 6) is 0.847. The van der Waals surface area contributed by atoms with Gasteiger partial charge in [-0.25, -0.2) is 0 Å². The number of carbonyl (C=O) groups is 1. The SMILES string of the molecule is COCC(C)n1c(C)cc(/C=C(/C#N)C(=O)NCc2cc(OC)ccc2OC)c1C. The Morgan fingerprint density at radius 2 is 1.97 bits per heavy atom. The number of nitrogens with zero attached hydrogens (tertiary/aromatic N) is 2. The molecule has 1 N–H and O–H groups in total. The van der Waals surface area contributed by atoms with Crippen LogP contribution in [-0.2, 0) is 16.1 Å². The van der Waals surface area contributed by atoms with Crippen molar-refractivity contribution in [3.8, 4) is 17.6 Å². The molecule has 0 aliphatic heterocycles. The first-order valence-electron chi connectivity index (χ1n) is 9.64. The lowest BCUT2D eigenvalue weighted by molar-refractivity contribution is -0.117. The van der Waals surface area contributed by atoms with Crippen LogP contribution < -0.4 is 14.8 Å². The number of nitrogens with one attached hydrogen (secondary N) is 1. The smallest absolute Gasteiger partial charge is 0.262 e. The zero-order valence-corrected chi connectivity index (χ0v) is 18.4. The highest BCUT2D eigenvalue weighted by atomic mass is 16.5. The monoisotopic (exact) mass is 411 g/mol. The Morgan fingerprint density at radius 3 is 2.57 bits per heavy atom. The molecule has 0 bridgehead atoms. The van der Waals surface area contributed by atoms with Crippen LogP contribution in [0.3, 0.4) is 0 Å². The van der Waals surface area contributed by atoms with Crippen LogP contribution >= 0.6 is 0 Å². The Hall–Kier alpha value is -3.24. The molecule has 0 saturated carbocycles. The molecule has 7 heteroatoms. The molecule has 30 heavy (non-hydrogen) atoms. The number of amides is 1. The number of methoxy groups -OCH3 is 3. The largest absolute Gasteiger partial charge is 0.497 e. The van der Waals surface area contributed by atoms with Gasteiger partial charge in [-0.15, -0.1) is 0 Å². The Balaban J connectivity index is 2.23. The van der Waals surface area contributed by atoms with Gasteiger partial charge in [0.15, 0.2) is 0 Å². The lowest BCUT2D eigenvalue weighted by atomic mass is 10.1. The van der Waals surface area contributed by atoms with Crippen LogP contribution in [0, 0.1) is 25.2 Å². The van der Waals surface area contributed by atoms with E-state index >= 15 is 0 Å². The lowest BCUT2D eigenvalue weighted by Gasteiger charge is -2.17. The molecule has 1 amide bonds. The normalized spacial score (nSPS) is 12.2. The van der Waals surface area contributed by atoms with Crippen molar-refractivity contribution in [2.75, 3.05) is 27.9 Å². The molecule has 1 aromatic carbocycles. The lowest BCUT2D eigenvalue weighted by Crippen LogP contribution is -2.24. The number of aromatic nitrogens is 1. The Labute approximate surface area is 177 Å². The topological polar surface area (TPSA) is 85.5 Å². The van der Waals surface area contributed by atoms with Crippen molar-refractivity contribution in [1.82, 2.24) is 9.88 Å². The maximum Gasteiger partial charge on any atom is 0.262 e. The Kier molecular flexibility index (Phi) is 8.07. The summed E-state index contributed by atoms with van der Waals surface area (Å²) in [5.41, 5.74) is 3.65. The Bertz CT molecular complexity index is 970. The van der Waals surface area contributed by atoms with E-state index in [-0.39, 0.29) is 18.2 Å². The summed E-state index contributed by atoms with van der Waals surface area (Å²) in [6, 6.07) is 9.48. The predicted octanol–water partition coefficient (Wildman–Crippen LogP) is 3.55. The average molecular weight is 412 g/mol. The average Bonchev–Trinajstić information content (AvgIpc) is 3.02. The number of hydrogen-bond donors (Lipinski definition) is 1. The van der Waals surface area contributed by atoms with Gasteiger partial charge in [-0.2, -0.15) is 5.26 Å². The van der Waals surface area contributed by atoms with Gasteiger partial charge in [-0.1, -0.05) is 0 Å². The number of nitriles is 1. The van der Waals surface area contributed by atoms with E-state index in [4.69, 9.17) is 14.2 Å². The molecule has 0 radical (unpaired) electrons. The van der Waals surface area contributed by atoms with Gasteiger partial charge in [0.1, 0.15) is 23.1 Å². The van der Waals surface area contributed by atoms with Crippen LogP contribution in [0.25, 0.3) is 6.08 Å². The third-order valence-electron chi connectivity index (χ3n) is 4.96. The third kappa shape index (κ3) is 5.22. The molecule has 160 valence electrons. The molecule has 0 aliphatic carbocycles. The van der Waals surface area contributed by atoms with Gasteiger partial charge in [-0.3, -0.25) is 4.79 Å². The minimum absolute atomic E-state index is 0.0384. The van der Waals surface area contributed by atoms with Gasteiger partial charge in [0.05, 0.1) is 26.9 Å². The number of ether oxygens (including phenoxy) is 3.